The van der Waals surface area contributed by atoms with Gasteiger partial charge in [0.05, 0.1) is 5.69 Å². The Bertz CT molecular complexity index is 644. The van der Waals surface area contributed by atoms with Crippen molar-refractivity contribution in [2.45, 2.75) is 20.4 Å². The molecule has 0 aliphatic carbocycles. The molecule has 1 heterocycles. The molecule has 2 rings (SSSR count). The summed E-state index contributed by atoms with van der Waals surface area (Å²) in [5.74, 6) is 0. The maximum Gasteiger partial charge on any atom is 0.211 e. The van der Waals surface area contributed by atoms with E-state index in [2.05, 4.69) is 38.9 Å². The topological polar surface area (TPSA) is 29.6 Å². The molecule has 0 atom stereocenters. The zero-order chi connectivity index (χ0) is 13.7. The van der Waals surface area contributed by atoms with Gasteiger partial charge in [0.15, 0.2) is 0 Å². The second-order valence-electron chi connectivity index (χ2n) is 4.32. The highest BCUT2D eigenvalue weighted by atomic mass is 32.1. The summed E-state index contributed by atoms with van der Waals surface area (Å²) in [6, 6.07) is 10.3. The highest BCUT2D eigenvalue weighted by molar-refractivity contribution is 7.07. The van der Waals surface area contributed by atoms with E-state index in [9.17, 15) is 0 Å². The molecule has 0 fully saturated rings. The van der Waals surface area contributed by atoms with Crippen LogP contribution in [0.4, 0.5) is 0 Å². The first-order chi connectivity index (χ1) is 9.22. The van der Waals surface area contributed by atoms with E-state index in [-0.39, 0.29) is 0 Å². The molecule has 0 aliphatic heterocycles. The van der Waals surface area contributed by atoms with Gasteiger partial charge in [-0.15, -0.1) is 23.0 Å². The molecule has 0 unspecified atom stereocenters. The molecule has 0 bridgehead atoms. The number of nitrogens with zero attached hydrogens (tertiary/aromatic N) is 3. The fourth-order valence-electron chi connectivity index (χ4n) is 1.70. The number of hydrogen-bond donors (Lipinski definition) is 0. The third-order valence-electron chi connectivity index (χ3n) is 2.51. The molecular weight excluding hydrogens is 254 g/mol. The minimum absolute atomic E-state index is 0.727. The number of thiazole rings is 1. The lowest BCUT2D eigenvalue weighted by Crippen LogP contribution is -2.14. The van der Waals surface area contributed by atoms with Crippen LogP contribution in [0.2, 0.25) is 0 Å². The summed E-state index contributed by atoms with van der Waals surface area (Å²) in [7, 11) is 0. The van der Waals surface area contributed by atoms with Crippen LogP contribution in [-0.2, 0) is 6.54 Å². The SMILES string of the molecule is C=CCn1c(-c2ccccc2)cs/c1=N\N=C(C)C. The van der Waals surface area contributed by atoms with Crippen molar-refractivity contribution in [3.63, 3.8) is 0 Å². The van der Waals surface area contributed by atoms with E-state index in [0.29, 0.717) is 0 Å². The van der Waals surface area contributed by atoms with Gasteiger partial charge in [0.2, 0.25) is 4.80 Å². The average molecular weight is 271 g/mol. The van der Waals surface area contributed by atoms with Crippen molar-refractivity contribution in [1.29, 1.82) is 0 Å². The summed E-state index contributed by atoms with van der Waals surface area (Å²) < 4.78 is 2.12. The Labute approximate surface area is 117 Å². The van der Waals surface area contributed by atoms with Crippen LogP contribution in [0.25, 0.3) is 11.3 Å². The van der Waals surface area contributed by atoms with Gasteiger partial charge in [-0.2, -0.15) is 5.10 Å². The Kier molecular flexibility index (Phi) is 4.47. The lowest BCUT2D eigenvalue weighted by Gasteiger charge is -2.05. The van der Waals surface area contributed by atoms with Crippen molar-refractivity contribution in [2.24, 2.45) is 10.2 Å². The van der Waals surface area contributed by atoms with Gasteiger partial charge in [0.25, 0.3) is 0 Å². The number of hydrogen-bond acceptors (Lipinski definition) is 3. The monoisotopic (exact) mass is 271 g/mol. The lowest BCUT2D eigenvalue weighted by molar-refractivity contribution is 0.788. The van der Waals surface area contributed by atoms with Gasteiger partial charge in [-0.25, -0.2) is 0 Å². The molecule has 19 heavy (non-hydrogen) atoms. The molecule has 0 N–H and O–H groups in total. The average Bonchev–Trinajstić information content (AvgIpc) is 2.81. The second-order valence-corrected chi connectivity index (χ2v) is 5.15. The molecule has 2 aromatic rings. The normalized spacial score (nSPS) is 11.4. The van der Waals surface area contributed by atoms with Gasteiger partial charge in [-0.05, 0) is 19.4 Å². The van der Waals surface area contributed by atoms with Crippen molar-refractivity contribution in [3.8, 4) is 11.3 Å². The van der Waals surface area contributed by atoms with Crippen molar-refractivity contribution in [3.05, 3.63) is 53.2 Å². The Hall–Kier alpha value is -1.94. The summed E-state index contributed by atoms with van der Waals surface area (Å²) in [6.07, 6.45) is 1.88. The predicted octanol–water partition coefficient (Wildman–Crippen LogP) is 3.70. The van der Waals surface area contributed by atoms with Gasteiger partial charge in [0.1, 0.15) is 0 Å². The lowest BCUT2D eigenvalue weighted by atomic mass is 10.2. The van der Waals surface area contributed by atoms with Crippen LogP contribution in [0.15, 0.2) is 58.6 Å². The smallest absolute Gasteiger partial charge is 0.211 e. The van der Waals surface area contributed by atoms with Crippen molar-refractivity contribution >= 4 is 17.0 Å². The molecule has 1 aromatic carbocycles. The number of allylic oxidation sites excluding steroid dienone is 1. The van der Waals surface area contributed by atoms with Crippen LogP contribution >= 0.6 is 11.3 Å². The van der Waals surface area contributed by atoms with E-state index < -0.39 is 0 Å². The molecule has 0 saturated carbocycles. The van der Waals surface area contributed by atoms with E-state index in [1.165, 1.54) is 5.56 Å². The van der Waals surface area contributed by atoms with Gasteiger partial charge < -0.3 is 4.57 Å². The maximum absolute atomic E-state index is 4.29. The third-order valence-corrected chi connectivity index (χ3v) is 3.37. The van der Waals surface area contributed by atoms with E-state index in [0.717, 1.165) is 22.8 Å². The third kappa shape index (κ3) is 3.29. The number of aromatic nitrogens is 1. The molecule has 0 amide bonds. The van der Waals surface area contributed by atoms with Gasteiger partial charge in [-0.1, -0.05) is 36.4 Å². The first kappa shape index (κ1) is 13.5. The van der Waals surface area contributed by atoms with E-state index in [1.54, 1.807) is 11.3 Å². The van der Waals surface area contributed by atoms with Gasteiger partial charge >= 0.3 is 0 Å². The van der Waals surface area contributed by atoms with Crippen LogP contribution in [0.3, 0.4) is 0 Å². The first-order valence-corrected chi connectivity index (χ1v) is 7.00. The molecule has 0 spiro atoms. The van der Waals surface area contributed by atoms with E-state index in [1.807, 2.05) is 38.1 Å². The van der Waals surface area contributed by atoms with Crippen LogP contribution in [0.5, 0.6) is 0 Å². The second kappa shape index (κ2) is 6.29. The molecule has 4 heteroatoms. The molecule has 3 nitrogen and oxygen atoms in total. The fraction of sp³-hybridized carbons (Fsp3) is 0.200. The summed E-state index contributed by atoms with van der Waals surface area (Å²) >= 11 is 1.59. The molecule has 0 radical (unpaired) electrons. The standard InChI is InChI=1S/C15H17N3S/c1-4-10-18-14(13-8-6-5-7-9-13)11-19-15(18)17-16-12(2)3/h4-9,11H,1,10H2,2-3H3/b17-15-. The highest BCUT2D eigenvalue weighted by Crippen LogP contribution is 2.19. The molecule has 0 saturated heterocycles. The summed E-state index contributed by atoms with van der Waals surface area (Å²) in [4.78, 5) is 0.889. The largest absolute Gasteiger partial charge is 0.311 e. The molecular formula is C15H17N3S. The minimum Gasteiger partial charge on any atom is -0.311 e. The molecule has 0 aliphatic rings. The van der Waals surface area contributed by atoms with E-state index >= 15 is 0 Å². The summed E-state index contributed by atoms with van der Waals surface area (Å²) in [5, 5.41) is 10.5. The van der Waals surface area contributed by atoms with Crippen molar-refractivity contribution < 1.29 is 0 Å². The predicted molar refractivity (Wildman–Crippen MR) is 82.3 cm³/mol. The maximum atomic E-state index is 4.29. The summed E-state index contributed by atoms with van der Waals surface area (Å²) in [6.45, 7) is 8.42. The fourth-order valence-corrected chi connectivity index (χ4v) is 2.57. The van der Waals surface area contributed by atoms with Gasteiger partial charge in [0, 0.05) is 17.6 Å². The molecule has 98 valence electrons. The number of benzene rings is 1. The Morgan fingerprint density at radius 2 is 2.05 bits per heavy atom. The van der Waals surface area contributed by atoms with Crippen molar-refractivity contribution in [1.82, 2.24) is 4.57 Å². The Balaban J connectivity index is 2.55. The molecule has 1 aromatic heterocycles. The zero-order valence-electron chi connectivity index (χ0n) is 11.2. The van der Waals surface area contributed by atoms with Crippen LogP contribution in [-0.4, -0.2) is 10.3 Å². The van der Waals surface area contributed by atoms with Crippen LogP contribution in [0.1, 0.15) is 13.8 Å². The van der Waals surface area contributed by atoms with Crippen LogP contribution < -0.4 is 4.80 Å². The Morgan fingerprint density at radius 1 is 1.32 bits per heavy atom. The zero-order valence-corrected chi connectivity index (χ0v) is 12.0. The summed E-state index contributed by atoms with van der Waals surface area (Å²) in [5.41, 5.74) is 3.27. The quantitative estimate of drug-likeness (QED) is 0.461. The number of rotatable bonds is 4. The van der Waals surface area contributed by atoms with Gasteiger partial charge in [-0.3, -0.25) is 0 Å². The van der Waals surface area contributed by atoms with E-state index in [4.69, 9.17) is 0 Å². The van der Waals surface area contributed by atoms with Crippen LogP contribution in [0, 0.1) is 0 Å². The first-order valence-electron chi connectivity index (χ1n) is 6.12. The highest BCUT2D eigenvalue weighted by Gasteiger charge is 2.06. The Morgan fingerprint density at radius 3 is 2.68 bits per heavy atom. The van der Waals surface area contributed by atoms with Crippen molar-refractivity contribution in [2.75, 3.05) is 0 Å². The minimum atomic E-state index is 0.727.